The van der Waals surface area contributed by atoms with Gasteiger partial charge in [0.1, 0.15) is 0 Å². The number of carbonyl (C=O) groups is 1. The van der Waals surface area contributed by atoms with E-state index >= 15 is 0 Å². The number of hydrogen-bond donors (Lipinski definition) is 4. The Morgan fingerprint density at radius 2 is 1.96 bits per heavy atom. The zero-order chi connectivity index (χ0) is 17.9. The van der Waals surface area contributed by atoms with E-state index in [1.54, 1.807) is 4.90 Å². The lowest BCUT2D eigenvalue weighted by Gasteiger charge is -2.43. The zero-order valence-corrected chi connectivity index (χ0v) is 15.1. The Balaban J connectivity index is 1.88. The summed E-state index contributed by atoms with van der Waals surface area (Å²) in [7, 11) is 0. The van der Waals surface area contributed by atoms with Gasteiger partial charge in [-0.3, -0.25) is 4.79 Å². The topological polar surface area (TPSA) is 107 Å². The Labute approximate surface area is 149 Å². The summed E-state index contributed by atoms with van der Waals surface area (Å²) in [5.41, 5.74) is 6.46. The molecule has 0 radical (unpaired) electrons. The molecule has 2 fully saturated rings. The van der Waals surface area contributed by atoms with Crippen LogP contribution in [0.2, 0.25) is 0 Å². The van der Waals surface area contributed by atoms with Gasteiger partial charge in [0.05, 0.1) is 12.7 Å². The van der Waals surface area contributed by atoms with Crippen LogP contribution < -0.4 is 5.73 Å². The summed E-state index contributed by atoms with van der Waals surface area (Å²) in [5.74, 6) is 0.172. The van der Waals surface area contributed by atoms with Gasteiger partial charge in [0.25, 0.3) is 5.91 Å². The van der Waals surface area contributed by atoms with Gasteiger partial charge in [-0.15, -0.1) is 11.6 Å². The Morgan fingerprint density at radius 1 is 1.33 bits per heavy atom. The van der Waals surface area contributed by atoms with Crippen molar-refractivity contribution >= 4 is 17.5 Å². The minimum atomic E-state index is -1.33. The summed E-state index contributed by atoms with van der Waals surface area (Å²) in [6, 6.07) is -0.126. The van der Waals surface area contributed by atoms with Crippen molar-refractivity contribution in [1.82, 2.24) is 4.90 Å². The van der Waals surface area contributed by atoms with E-state index in [1.165, 1.54) is 0 Å². The fraction of sp³-hybridized carbons (Fsp3) is 0.941. The molecule has 0 aromatic rings. The molecule has 0 aromatic heterocycles. The lowest BCUT2D eigenvalue weighted by molar-refractivity contribution is -0.143. The largest absolute Gasteiger partial charge is 0.393 e. The number of hydrogen-bond acceptors (Lipinski definition) is 5. The fourth-order valence-electron chi connectivity index (χ4n) is 4.22. The number of nitrogens with two attached hydrogens (primary N) is 1. The standard InChI is InChI=1S/C17H31ClN2O4/c1-2-10-7-14(22)12(8-13(10)18)16(19)11-3-5-20(6-4-11)17(24)15(23)9-21/h10-16,21-23H,2-9,19H2,1H3/t10?,12?,13?,14?,15-,16-/m1/s1. The lowest BCUT2D eigenvalue weighted by Crippen LogP contribution is -2.52. The molecule has 1 amide bonds. The Kier molecular flexibility index (Phi) is 7.31. The highest BCUT2D eigenvalue weighted by Gasteiger charge is 2.40. The maximum atomic E-state index is 11.9. The van der Waals surface area contributed by atoms with E-state index in [0.717, 1.165) is 25.7 Å². The number of likely N-dealkylation sites (tertiary alicyclic amines) is 1. The van der Waals surface area contributed by atoms with Crippen LogP contribution in [0.1, 0.15) is 39.0 Å². The lowest BCUT2D eigenvalue weighted by atomic mass is 9.71. The van der Waals surface area contributed by atoms with Gasteiger partial charge in [-0.05, 0) is 37.5 Å². The van der Waals surface area contributed by atoms with Crippen molar-refractivity contribution in [3.63, 3.8) is 0 Å². The molecule has 4 unspecified atom stereocenters. The van der Waals surface area contributed by atoms with Crippen molar-refractivity contribution in [1.29, 1.82) is 0 Å². The van der Waals surface area contributed by atoms with E-state index < -0.39 is 24.7 Å². The Bertz CT molecular complexity index is 417. The summed E-state index contributed by atoms with van der Waals surface area (Å²) in [5, 5.41) is 28.9. The first-order valence-electron chi connectivity index (χ1n) is 9.04. The van der Waals surface area contributed by atoms with Crippen molar-refractivity contribution < 1.29 is 20.1 Å². The number of carbonyl (C=O) groups excluding carboxylic acids is 1. The normalized spacial score (nSPS) is 34.8. The van der Waals surface area contributed by atoms with E-state index in [0.29, 0.717) is 25.4 Å². The predicted molar refractivity (Wildman–Crippen MR) is 92.5 cm³/mol. The van der Waals surface area contributed by atoms with Gasteiger partial charge in [-0.2, -0.15) is 0 Å². The van der Waals surface area contributed by atoms with Crippen LogP contribution in [0.15, 0.2) is 0 Å². The van der Waals surface area contributed by atoms with Crippen molar-refractivity contribution in [2.75, 3.05) is 19.7 Å². The first-order chi connectivity index (χ1) is 11.4. The highest BCUT2D eigenvalue weighted by Crippen LogP contribution is 2.38. The number of halogens is 1. The van der Waals surface area contributed by atoms with Crippen LogP contribution in [0.3, 0.4) is 0 Å². The minimum Gasteiger partial charge on any atom is -0.393 e. The molecule has 140 valence electrons. The van der Waals surface area contributed by atoms with Gasteiger partial charge >= 0.3 is 0 Å². The monoisotopic (exact) mass is 362 g/mol. The molecule has 5 N–H and O–H groups in total. The van der Waals surface area contributed by atoms with Crippen LogP contribution in [-0.2, 0) is 4.79 Å². The molecule has 6 atom stereocenters. The second-order valence-corrected chi connectivity index (χ2v) is 7.89. The number of amides is 1. The van der Waals surface area contributed by atoms with Gasteiger partial charge in [0, 0.05) is 30.4 Å². The molecule has 2 rings (SSSR count). The van der Waals surface area contributed by atoms with Gasteiger partial charge in [-0.1, -0.05) is 13.3 Å². The van der Waals surface area contributed by atoms with Crippen LogP contribution in [0.4, 0.5) is 0 Å². The molecule has 0 spiro atoms. The number of nitrogens with zero attached hydrogens (tertiary/aromatic N) is 1. The van der Waals surface area contributed by atoms with E-state index in [4.69, 9.17) is 22.4 Å². The average Bonchev–Trinajstić information content (AvgIpc) is 2.61. The van der Waals surface area contributed by atoms with Gasteiger partial charge < -0.3 is 26.0 Å². The maximum absolute atomic E-state index is 11.9. The average molecular weight is 363 g/mol. The first kappa shape index (κ1) is 19.9. The maximum Gasteiger partial charge on any atom is 0.253 e. The highest BCUT2D eigenvalue weighted by atomic mass is 35.5. The fourth-order valence-corrected chi connectivity index (χ4v) is 4.71. The van der Waals surface area contributed by atoms with Crippen LogP contribution >= 0.6 is 11.6 Å². The molecular formula is C17H31ClN2O4. The first-order valence-corrected chi connectivity index (χ1v) is 9.48. The van der Waals surface area contributed by atoms with Gasteiger partial charge in [0.15, 0.2) is 6.10 Å². The molecular weight excluding hydrogens is 332 g/mol. The molecule has 1 saturated carbocycles. The quantitative estimate of drug-likeness (QED) is 0.526. The summed E-state index contributed by atoms with van der Waals surface area (Å²) < 4.78 is 0. The Hall–Kier alpha value is -0.400. The molecule has 6 nitrogen and oxygen atoms in total. The number of piperidine rings is 1. The van der Waals surface area contributed by atoms with Crippen LogP contribution in [0.5, 0.6) is 0 Å². The highest BCUT2D eigenvalue weighted by molar-refractivity contribution is 6.20. The molecule has 2 aliphatic rings. The number of rotatable bonds is 5. The molecule has 1 heterocycles. The van der Waals surface area contributed by atoms with Gasteiger partial charge in [-0.25, -0.2) is 0 Å². The second-order valence-electron chi connectivity index (χ2n) is 7.33. The molecule has 7 heteroatoms. The summed E-state index contributed by atoms with van der Waals surface area (Å²) in [6.07, 6.45) is 2.18. The van der Waals surface area contributed by atoms with E-state index in [-0.39, 0.29) is 23.3 Å². The predicted octanol–water partition coefficient (Wildman–Crippen LogP) is 0.310. The second kappa shape index (κ2) is 8.81. The number of aliphatic hydroxyl groups excluding tert-OH is 3. The van der Waals surface area contributed by atoms with E-state index in [1.807, 2.05) is 0 Å². The van der Waals surface area contributed by atoms with Crippen molar-refractivity contribution in [2.45, 2.75) is 62.7 Å². The third-order valence-corrected chi connectivity index (χ3v) is 6.45. The molecule has 1 aliphatic heterocycles. The van der Waals surface area contributed by atoms with Crippen LogP contribution in [0, 0.1) is 17.8 Å². The van der Waals surface area contributed by atoms with E-state index in [9.17, 15) is 15.0 Å². The Morgan fingerprint density at radius 3 is 2.50 bits per heavy atom. The minimum absolute atomic E-state index is 0.00517. The number of alkyl halides is 1. The van der Waals surface area contributed by atoms with Gasteiger partial charge in [0.2, 0.25) is 0 Å². The zero-order valence-electron chi connectivity index (χ0n) is 14.4. The third kappa shape index (κ3) is 4.41. The SMILES string of the molecule is CCC1CC(O)C([C@H](N)C2CCN(C(=O)[C@H](O)CO)CC2)CC1Cl. The molecule has 1 saturated heterocycles. The van der Waals surface area contributed by atoms with Crippen molar-refractivity contribution in [3.05, 3.63) is 0 Å². The van der Waals surface area contributed by atoms with E-state index in [2.05, 4.69) is 6.92 Å². The number of aliphatic hydroxyl groups is 3. The molecule has 0 aromatic carbocycles. The third-order valence-electron chi connectivity index (χ3n) is 5.92. The van der Waals surface area contributed by atoms with Crippen LogP contribution in [-0.4, -0.2) is 69.4 Å². The summed E-state index contributed by atoms with van der Waals surface area (Å²) in [6.45, 7) is 2.60. The van der Waals surface area contributed by atoms with Crippen molar-refractivity contribution in [2.24, 2.45) is 23.5 Å². The molecule has 24 heavy (non-hydrogen) atoms. The summed E-state index contributed by atoms with van der Waals surface area (Å²) in [4.78, 5) is 13.5. The van der Waals surface area contributed by atoms with Crippen LogP contribution in [0.25, 0.3) is 0 Å². The smallest absolute Gasteiger partial charge is 0.253 e. The molecule has 1 aliphatic carbocycles. The van der Waals surface area contributed by atoms with Crippen molar-refractivity contribution in [3.8, 4) is 0 Å². The molecule has 0 bridgehead atoms. The summed E-state index contributed by atoms with van der Waals surface area (Å²) >= 11 is 6.47.